The van der Waals surface area contributed by atoms with Crippen LogP contribution in [0.5, 0.6) is 23.0 Å². The molecule has 180 valence electrons. The zero-order valence-corrected chi connectivity index (χ0v) is 19.9. The highest BCUT2D eigenvalue weighted by Crippen LogP contribution is 2.41. The van der Waals surface area contributed by atoms with Gasteiger partial charge in [0.15, 0.2) is 0 Å². The van der Waals surface area contributed by atoms with Gasteiger partial charge >= 0.3 is 0 Å². The smallest absolute Gasteiger partial charge is 0.143 e. The van der Waals surface area contributed by atoms with Gasteiger partial charge in [-0.25, -0.2) is 0 Å². The van der Waals surface area contributed by atoms with E-state index in [9.17, 15) is 10.2 Å². The van der Waals surface area contributed by atoms with Crippen LogP contribution in [0.1, 0.15) is 25.7 Å². The number of anilines is 1. The second-order valence-corrected chi connectivity index (χ2v) is 9.20. The Morgan fingerprint density at radius 2 is 1.51 bits per heavy atom. The van der Waals surface area contributed by atoms with Crippen LogP contribution in [0.15, 0.2) is 78.9 Å². The van der Waals surface area contributed by atoms with E-state index in [0.717, 1.165) is 58.6 Å². The Balaban J connectivity index is 1.31. The lowest BCUT2D eigenvalue weighted by Crippen LogP contribution is -2.31. The van der Waals surface area contributed by atoms with Crippen molar-refractivity contribution >= 4 is 16.5 Å². The molecule has 5 heteroatoms. The van der Waals surface area contributed by atoms with Crippen molar-refractivity contribution < 1.29 is 14.9 Å². The number of ether oxygens (including phenoxy) is 1. The Labute approximate surface area is 206 Å². The molecule has 0 atom stereocenters. The number of benzene rings is 4. The van der Waals surface area contributed by atoms with Crippen LogP contribution in [-0.2, 0) is 0 Å². The van der Waals surface area contributed by atoms with Gasteiger partial charge in [-0.3, -0.25) is 0 Å². The van der Waals surface area contributed by atoms with E-state index in [1.165, 1.54) is 32.4 Å². The monoisotopic (exact) mass is 468 g/mol. The number of hydrogen-bond acceptors (Lipinski definition) is 5. The molecule has 1 fully saturated rings. The Morgan fingerprint density at radius 3 is 2.29 bits per heavy atom. The number of likely N-dealkylation sites (tertiary alicyclic amines) is 1. The van der Waals surface area contributed by atoms with E-state index in [-0.39, 0.29) is 11.5 Å². The summed E-state index contributed by atoms with van der Waals surface area (Å²) in [7, 11) is 0. The molecule has 0 bridgehead atoms. The van der Waals surface area contributed by atoms with Gasteiger partial charge in [0, 0.05) is 23.2 Å². The van der Waals surface area contributed by atoms with Gasteiger partial charge in [0.05, 0.1) is 0 Å². The van der Waals surface area contributed by atoms with Crippen molar-refractivity contribution in [3.8, 4) is 34.1 Å². The lowest BCUT2D eigenvalue weighted by molar-refractivity contribution is 0.228. The normalized spacial score (nSPS) is 14.2. The van der Waals surface area contributed by atoms with E-state index in [4.69, 9.17) is 4.74 Å². The van der Waals surface area contributed by atoms with Crippen molar-refractivity contribution in [3.63, 3.8) is 0 Å². The number of phenolic OH excluding ortho intramolecular Hbond substituents is 2. The van der Waals surface area contributed by atoms with Gasteiger partial charge < -0.3 is 25.2 Å². The Bertz CT molecular complexity index is 1260. The van der Waals surface area contributed by atoms with Gasteiger partial charge in [-0.1, -0.05) is 24.6 Å². The molecule has 0 spiro atoms. The average Bonchev–Trinajstić information content (AvgIpc) is 2.89. The summed E-state index contributed by atoms with van der Waals surface area (Å²) in [5.41, 5.74) is 2.94. The van der Waals surface area contributed by atoms with Gasteiger partial charge in [-0.2, -0.15) is 0 Å². The molecule has 0 radical (unpaired) electrons. The van der Waals surface area contributed by atoms with Crippen LogP contribution in [0.4, 0.5) is 5.69 Å². The number of hydrogen-bond donors (Lipinski definition) is 3. The lowest BCUT2D eigenvalue weighted by Gasteiger charge is -2.26. The highest BCUT2D eigenvalue weighted by molar-refractivity contribution is 5.96. The maximum Gasteiger partial charge on any atom is 0.143 e. The largest absolute Gasteiger partial charge is 0.508 e. The number of fused-ring (bicyclic) bond motifs is 1. The van der Waals surface area contributed by atoms with Gasteiger partial charge in [0.2, 0.25) is 0 Å². The van der Waals surface area contributed by atoms with E-state index in [0.29, 0.717) is 0 Å². The van der Waals surface area contributed by atoms with Crippen LogP contribution in [0.3, 0.4) is 0 Å². The number of aromatic hydroxyl groups is 2. The van der Waals surface area contributed by atoms with Gasteiger partial charge in [0.1, 0.15) is 23.0 Å². The molecule has 0 aromatic heterocycles. The van der Waals surface area contributed by atoms with Crippen LogP contribution in [0, 0.1) is 0 Å². The summed E-state index contributed by atoms with van der Waals surface area (Å²) in [5, 5.41) is 25.0. The highest BCUT2D eigenvalue weighted by Gasteiger charge is 2.13. The minimum atomic E-state index is 0.219. The quantitative estimate of drug-likeness (QED) is 0.243. The zero-order chi connectivity index (χ0) is 24.0. The molecule has 0 amide bonds. The van der Waals surface area contributed by atoms with E-state index in [1.807, 2.05) is 54.6 Å². The summed E-state index contributed by atoms with van der Waals surface area (Å²) in [6.45, 7) is 4.59. The van der Waals surface area contributed by atoms with Crippen LogP contribution in [-0.4, -0.2) is 41.3 Å². The molecule has 1 aliphatic rings. The summed E-state index contributed by atoms with van der Waals surface area (Å²) in [6, 6.07) is 24.4. The number of phenols is 2. The molecule has 1 saturated heterocycles. The van der Waals surface area contributed by atoms with Crippen molar-refractivity contribution in [2.75, 3.05) is 31.5 Å². The van der Waals surface area contributed by atoms with Gasteiger partial charge in [-0.05, 0) is 111 Å². The number of piperidine rings is 1. The third-order valence-electron chi connectivity index (χ3n) is 6.64. The van der Waals surface area contributed by atoms with E-state index >= 15 is 0 Å². The molecular formula is C30H32N2O3. The number of nitrogens with one attached hydrogen (secondary N) is 1. The molecular weight excluding hydrogens is 436 g/mol. The van der Waals surface area contributed by atoms with Crippen molar-refractivity contribution in [1.29, 1.82) is 0 Å². The molecule has 0 unspecified atom stereocenters. The first-order chi connectivity index (χ1) is 17.2. The topological polar surface area (TPSA) is 65.0 Å². The van der Waals surface area contributed by atoms with Crippen LogP contribution < -0.4 is 10.1 Å². The number of rotatable bonds is 8. The molecule has 1 aliphatic heterocycles. The zero-order valence-electron chi connectivity index (χ0n) is 19.9. The molecule has 1 heterocycles. The summed E-state index contributed by atoms with van der Waals surface area (Å²) in [4.78, 5) is 2.57. The predicted molar refractivity (Wildman–Crippen MR) is 143 cm³/mol. The lowest BCUT2D eigenvalue weighted by atomic mass is 9.99. The second-order valence-electron chi connectivity index (χ2n) is 9.20. The first kappa shape index (κ1) is 23.1. The van der Waals surface area contributed by atoms with Gasteiger partial charge in [-0.15, -0.1) is 0 Å². The fourth-order valence-corrected chi connectivity index (χ4v) is 4.74. The van der Waals surface area contributed by atoms with E-state index < -0.39 is 0 Å². The van der Waals surface area contributed by atoms with Crippen molar-refractivity contribution in [1.82, 2.24) is 4.90 Å². The Morgan fingerprint density at radius 1 is 0.771 bits per heavy atom. The minimum Gasteiger partial charge on any atom is -0.508 e. The van der Waals surface area contributed by atoms with Crippen molar-refractivity contribution in [2.45, 2.75) is 25.7 Å². The third kappa shape index (κ3) is 5.69. The molecule has 35 heavy (non-hydrogen) atoms. The molecule has 0 saturated carbocycles. The molecule has 5 nitrogen and oxygen atoms in total. The van der Waals surface area contributed by atoms with Crippen LogP contribution in [0.25, 0.3) is 21.9 Å². The summed E-state index contributed by atoms with van der Waals surface area (Å²) in [5.74, 6) is 1.90. The third-order valence-corrected chi connectivity index (χ3v) is 6.64. The molecule has 5 rings (SSSR count). The molecule has 4 aromatic rings. The van der Waals surface area contributed by atoms with Crippen molar-refractivity contribution in [2.24, 2.45) is 0 Å². The fraction of sp³-hybridized carbons (Fsp3) is 0.267. The minimum absolute atomic E-state index is 0.219. The maximum absolute atomic E-state index is 9.94. The Kier molecular flexibility index (Phi) is 7.05. The highest BCUT2D eigenvalue weighted by atomic mass is 16.5. The summed E-state index contributed by atoms with van der Waals surface area (Å²) < 4.78 is 6.43. The first-order valence-corrected chi connectivity index (χ1v) is 12.4. The maximum atomic E-state index is 9.94. The van der Waals surface area contributed by atoms with Gasteiger partial charge in [0.25, 0.3) is 0 Å². The molecule has 3 N–H and O–H groups in total. The SMILES string of the molecule is Oc1ccc(-c2ccc3cc(O)ccc3c2Oc2ccc(NCCCN3CCCCC3)cc2)cc1. The van der Waals surface area contributed by atoms with E-state index in [2.05, 4.69) is 10.2 Å². The molecule has 4 aromatic carbocycles. The Hall–Kier alpha value is -3.70. The fourth-order valence-electron chi connectivity index (χ4n) is 4.74. The van der Waals surface area contributed by atoms with Crippen molar-refractivity contribution in [3.05, 3.63) is 78.9 Å². The molecule has 0 aliphatic carbocycles. The second kappa shape index (κ2) is 10.7. The van der Waals surface area contributed by atoms with Crippen LogP contribution >= 0.6 is 0 Å². The van der Waals surface area contributed by atoms with E-state index in [1.54, 1.807) is 24.3 Å². The summed E-state index contributed by atoms with van der Waals surface area (Å²) in [6.07, 6.45) is 5.18. The standard InChI is InChI=1S/C30H32N2O3/c33-25-10-5-22(6-11-25)28-15-7-23-21-26(34)12-16-29(23)30(28)35-27-13-8-24(9-14-27)31-17-4-20-32-18-2-1-3-19-32/h5-16,21,31,33-34H,1-4,17-20H2. The number of nitrogens with zero attached hydrogens (tertiary/aromatic N) is 1. The first-order valence-electron chi connectivity index (χ1n) is 12.4. The summed E-state index contributed by atoms with van der Waals surface area (Å²) >= 11 is 0. The predicted octanol–water partition coefficient (Wildman–Crippen LogP) is 7.00. The van der Waals surface area contributed by atoms with Crippen LogP contribution in [0.2, 0.25) is 0 Å². The average molecular weight is 469 g/mol.